The second kappa shape index (κ2) is 17.4. The van der Waals surface area contributed by atoms with E-state index in [4.69, 9.17) is 29.8 Å². The molecule has 0 bridgehead atoms. The third-order valence-electron chi connectivity index (χ3n) is 10.7. The second-order valence-electron chi connectivity index (χ2n) is 15.8. The van der Waals surface area contributed by atoms with Crippen molar-refractivity contribution in [3.8, 4) is 5.75 Å². The van der Waals surface area contributed by atoms with Crippen molar-refractivity contribution >= 4 is 56.5 Å². The van der Waals surface area contributed by atoms with Gasteiger partial charge in [0.05, 0.1) is 24.4 Å². The summed E-state index contributed by atoms with van der Waals surface area (Å²) in [6, 6.07) is 13.3. The number of hydrogen-bond acceptors (Lipinski definition) is 11. The van der Waals surface area contributed by atoms with Crippen LogP contribution in [0.3, 0.4) is 0 Å². The molecule has 302 valence electrons. The van der Waals surface area contributed by atoms with Crippen LogP contribution in [0.2, 0.25) is 23.2 Å². The van der Waals surface area contributed by atoms with Crippen molar-refractivity contribution in [1.29, 1.82) is 0 Å². The molecule has 1 aliphatic carbocycles. The number of aromatic nitrogens is 4. The Kier molecular flexibility index (Phi) is 13.0. The van der Waals surface area contributed by atoms with Crippen LogP contribution >= 0.6 is 19.4 Å². The Bertz CT molecular complexity index is 2060. The van der Waals surface area contributed by atoms with Crippen molar-refractivity contribution < 1.29 is 42.4 Å². The van der Waals surface area contributed by atoms with E-state index in [-0.39, 0.29) is 51.2 Å². The largest absolute Gasteiger partial charge is 0.527 e. The molecule has 6 rings (SSSR count). The number of rotatable bonds is 13. The Hall–Kier alpha value is -3.73. The third-order valence-corrected chi connectivity index (χ3v) is 16.4. The molecular weight excluding hydrogens is 779 g/mol. The summed E-state index contributed by atoms with van der Waals surface area (Å²) >= 11 is 6.52. The standard InChI is InChI=1S/C38H50ClN6O9PSi/c1-38(2,3)56(4,5)54-33-32(53-55(49,50)52-28-18-17-24(19-27(28)39)20-30(47)43-26-15-11-6-7-12-16-26)29(21-46)51-37(33)45-23-42-31-34(40-22-41-35(31)45)44-36(48)25-13-9-8-10-14-25/h8-10,13-14,17-19,22-23,26,29,32-33,37,46H,6-7,11-12,15-16,20-21H2,1-5H3,(H,43,47)(H,49,50)(H,40,41,44,48)/t29-,32-,33?,37-/m1/s1. The van der Waals surface area contributed by atoms with Crippen LogP contribution in [0, 0.1) is 0 Å². The number of ether oxygens (including phenoxy) is 1. The van der Waals surface area contributed by atoms with Crippen LogP contribution in [0.4, 0.5) is 5.82 Å². The highest BCUT2D eigenvalue weighted by Crippen LogP contribution is 2.52. The number of aliphatic hydroxyl groups excluding tert-OH is 1. The van der Waals surface area contributed by atoms with Crippen LogP contribution in [0.25, 0.3) is 11.2 Å². The van der Waals surface area contributed by atoms with Crippen molar-refractivity contribution in [1.82, 2.24) is 24.8 Å². The van der Waals surface area contributed by atoms with Gasteiger partial charge in [-0.05, 0) is 60.8 Å². The number of carbonyl (C=O) groups excluding carboxylic acids is 2. The first-order chi connectivity index (χ1) is 26.5. The SMILES string of the molecule is CC(C)(C)[Si](C)(C)OC1[C@H](n2cnc3c(NC(=O)c4ccccc4)ncnc32)O[C@H](CO)[C@H]1OP(=O)(O)Oc1ccc(CC(=O)NC2CCCCCC2)cc1Cl. The Balaban J connectivity index is 1.23. The molecule has 3 heterocycles. The topological polar surface area (TPSA) is 196 Å². The lowest BCUT2D eigenvalue weighted by Crippen LogP contribution is -2.49. The van der Waals surface area contributed by atoms with Crippen molar-refractivity contribution in [3.05, 3.63) is 77.3 Å². The van der Waals surface area contributed by atoms with Crippen molar-refractivity contribution in [2.24, 2.45) is 0 Å². The van der Waals surface area contributed by atoms with E-state index in [0.29, 0.717) is 11.1 Å². The summed E-state index contributed by atoms with van der Waals surface area (Å²) in [7, 11) is -7.65. The zero-order valence-electron chi connectivity index (χ0n) is 32.2. The number of amides is 2. The minimum absolute atomic E-state index is 0.00991. The zero-order valence-corrected chi connectivity index (χ0v) is 34.8. The van der Waals surface area contributed by atoms with Gasteiger partial charge in [0.25, 0.3) is 5.91 Å². The molecule has 18 heteroatoms. The molecule has 1 saturated carbocycles. The number of aliphatic hydroxyl groups is 1. The first kappa shape index (κ1) is 41.9. The van der Waals surface area contributed by atoms with Gasteiger partial charge in [0.15, 0.2) is 31.5 Å². The van der Waals surface area contributed by atoms with Crippen LogP contribution in [0.15, 0.2) is 61.2 Å². The maximum absolute atomic E-state index is 13.8. The van der Waals surface area contributed by atoms with E-state index in [1.807, 2.05) is 33.9 Å². The summed E-state index contributed by atoms with van der Waals surface area (Å²) in [6.45, 7) is 9.53. The summed E-state index contributed by atoms with van der Waals surface area (Å²) in [5.41, 5.74) is 1.56. The summed E-state index contributed by atoms with van der Waals surface area (Å²) < 4.78 is 39.8. The monoisotopic (exact) mass is 828 g/mol. The molecule has 2 unspecified atom stereocenters. The Morgan fingerprint density at radius 2 is 1.75 bits per heavy atom. The fourth-order valence-corrected chi connectivity index (χ4v) is 9.26. The van der Waals surface area contributed by atoms with E-state index in [9.17, 15) is 24.2 Å². The lowest BCUT2D eigenvalue weighted by molar-refractivity contribution is -0.121. The molecule has 2 aromatic heterocycles. The number of nitrogens with zero attached hydrogens (tertiary/aromatic N) is 4. The van der Waals surface area contributed by atoms with Crippen LogP contribution in [0.1, 0.15) is 81.4 Å². The average molecular weight is 829 g/mol. The van der Waals surface area contributed by atoms with E-state index in [1.54, 1.807) is 41.0 Å². The Morgan fingerprint density at radius 3 is 2.41 bits per heavy atom. The number of hydrogen-bond donors (Lipinski definition) is 4. The molecular formula is C38H50ClN6O9PSi. The summed E-state index contributed by atoms with van der Waals surface area (Å²) in [6.07, 6.45) is 4.65. The molecule has 2 aromatic carbocycles. The van der Waals surface area contributed by atoms with Crippen LogP contribution in [-0.4, -0.2) is 80.6 Å². The Labute approximate surface area is 332 Å². The molecule has 1 aliphatic heterocycles. The zero-order chi connectivity index (χ0) is 40.3. The number of anilines is 1. The van der Waals surface area contributed by atoms with Gasteiger partial charge in [-0.2, -0.15) is 0 Å². The average Bonchev–Trinajstić information content (AvgIpc) is 3.60. The minimum Gasteiger partial charge on any atom is -0.407 e. The van der Waals surface area contributed by atoms with Gasteiger partial charge in [0, 0.05) is 11.6 Å². The van der Waals surface area contributed by atoms with Crippen LogP contribution in [0.5, 0.6) is 5.75 Å². The van der Waals surface area contributed by atoms with E-state index in [1.165, 1.54) is 37.6 Å². The normalized spacial score (nSPS) is 22.0. The molecule has 4 aromatic rings. The quantitative estimate of drug-likeness (QED) is 0.0616. The molecule has 2 amide bonds. The molecule has 2 fully saturated rings. The van der Waals surface area contributed by atoms with Crippen molar-refractivity contribution in [3.63, 3.8) is 0 Å². The third kappa shape index (κ3) is 9.86. The number of fused-ring (bicyclic) bond motifs is 1. The van der Waals surface area contributed by atoms with Gasteiger partial charge >= 0.3 is 7.82 Å². The summed E-state index contributed by atoms with van der Waals surface area (Å²) in [5, 5.41) is 16.1. The predicted octanol–water partition coefficient (Wildman–Crippen LogP) is 6.96. The maximum atomic E-state index is 13.8. The smallest absolute Gasteiger partial charge is 0.407 e. The first-order valence-corrected chi connectivity index (χ1v) is 23.6. The Morgan fingerprint density at radius 1 is 1.04 bits per heavy atom. The summed E-state index contributed by atoms with van der Waals surface area (Å²) in [4.78, 5) is 50.1. The maximum Gasteiger partial charge on any atom is 0.527 e. The van der Waals surface area contributed by atoms with Gasteiger partial charge < -0.3 is 29.4 Å². The second-order valence-corrected chi connectivity index (χ2v) is 22.3. The molecule has 0 radical (unpaired) electrons. The highest BCUT2D eigenvalue weighted by atomic mass is 35.5. The lowest BCUT2D eigenvalue weighted by Gasteiger charge is -2.40. The number of carbonyl (C=O) groups is 2. The number of nitrogens with one attached hydrogen (secondary N) is 2. The predicted molar refractivity (Wildman–Crippen MR) is 213 cm³/mol. The van der Waals surface area contributed by atoms with Crippen LogP contribution < -0.4 is 15.2 Å². The van der Waals surface area contributed by atoms with Gasteiger partial charge in [-0.3, -0.25) is 23.6 Å². The van der Waals surface area contributed by atoms with Crippen LogP contribution in [-0.2, 0) is 29.5 Å². The molecule has 15 nitrogen and oxygen atoms in total. The van der Waals surface area contributed by atoms with E-state index in [2.05, 4.69) is 25.6 Å². The molecule has 4 N–H and O–H groups in total. The number of phosphoric ester groups is 1. The number of phosphoric acid groups is 1. The highest BCUT2D eigenvalue weighted by Gasteiger charge is 2.54. The number of imidazole rings is 1. The van der Waals surface area contributed by atoms with Gasteiger partial charge in [-0.15, -0.1) is 0 Å². The van der Waals surface area contributed by atoms with E-state index >= 15 is 0 Å². The fourth-order valence-electron chi connectivity index (χ4n) is 6.66. The van der Waals surface area contributed by atoms with E-state index in [0.717, 1.165) is 25.7 Å². The van der Waals surface area contributed by atoms with Gasteiger partial charge in [0.1, 0.15) is 30.4 Å². The number of benzene rings is 2. The highest BCUT2D eigenvalue weighted by molar-refractivity contribution is 7.47. The van der Waals surface area contributed by atoms with Crippen molar-refractivity contribution in [2.45, 2.75) is 114 Å². The summed E-state index contributed by atoms with van der Waals surface area (Å²) in [5.74, 6) is -0.494. The number of halogens is 1. The minimum atomic E-state index is -4.98. The molecule has 2 aliphatic rings. The molecule has 1 saturated heterocycles. The fraction of sp³-hybridized carbons (Fsp3) is 0.500. The molecule has 56 heavy (non-hydrogen) atoms. The van der Waals surface area contributed by atoms with Gasteiger partial charge in [-0.1, -0.05) is 82.3 Å². The molecule has 0 spiro atoms. The molecule has 5 atom stereocenters. The van der Waals surface area contributed by atoms with Crippen molar-refractivity contribution in [2.75, 3.05) is 11.9 Å². The van der Waals surface area contributed by atoms with E-state index < -0.39 is 53.2 Å². The van der Waals surface area contributed by atoms with Gasteiger partial charge in [0.2, 0.25) is 5.91 Å². The lowest BCUT2D eigenvalue weighted by atomic mass is 10.1. The van der Waals surface area contributed by atoms with Gasteiger partial charge in [-0.25, -0.2) is 19.5 Å². The first-order valence-electron chi connectivity index (χ1n) is 18.8.